The van der Waals surface area contributed by atoms with Gasteiger partial charge in [-0.2, -0.15) is 0 Å². The molecule has 1 amide bonds. The van der Waals surface area contributed by atoms with E-state index in [1.54, 1.807) is 18.2 Å². The number of aryl methyl sites for hydroxylation is 1. The van der Waals surface area contributed by atoms with Crippen molar-refractivity contribution in [2.75, 3.05) is 6.26 Å². The van der Waals surface area contributed by atoms with Gasteiger partial charge in [0.1, 0.15) is 0 Å². The normalized spacial score (nSPS) is 12.0. The summed E-state index contributed by atoms with van der Waals surface area (Å²) in [5.74, 6) is -1.56. The highest BCUT2D eigenvalue weighted by atomic mass is 32.2. The van der Waals surface area contributed by atoms with Gasteiger partial charge in [0.15, 0.2) is 16.9 Å². The van der Waals surface area contributed by atoms with E-state index < -0.39 is 17.9 Å². The number of benzene rings is 1. The van der Waals surface area contributed by atoms with E-state index in [4.69, 9.17) is 4.42 Å². The number of hydrogen-bond donors (Lipinski definition) is 2. The molecule has 1 unspecified atom stereocenters. The monoisotopic (exact) mass is 319 g/mol. The summed E-state index contributed by atoms with van der Waals surface area (Å²) in [6, 6.07) is 7.47. The minimum absolute atomic E-state index is 0.0981. The number of furan rings is 1. The number of aliphatic carboxylic acids is 1. The Labute approximate surface area is 132 Å². The van der Waals surface area contributed by atoms with E-state index in [0.717, 1.165) is 11.1 Å². The second-order valence-electron chi connectivity index (χ2n) is 4.86. The summed E-state index contributed by atoms with van der Waals surface area (Å²) in [7, 11) is 0. The topological polar surface area (TPSA) is 79.5 Å². The first-order valence-electron chi connectivity index (χ1n) is 6.67. The number of carboxylic acid groups (broad SMARTS) is 1. The van der Waals surface area contributed by atoms with Crippen LogP contribution in [0.1, 0.15) is 33.3 Å². The minimum Gasteiger partial charge on any atom is -0.479 e. The molecule has 2 aromatic rings. The summed E-state index contributed by atoms with van der Waals surface area (Å²) in [6.45, 7) is 3.74. The van der Waals surface area contributed by atoms with Crippen LogP contribution in [0.15, 0.2) is 39.8 Å². The van der Waals surface area contributed by atoms with E-state index in [9.17, 15) is 14.7 Å². The molecule has 0 radical (unpaired) electrons. The molecule has 1 aromatic heterocycles. The van der Waals surface area contributed by atoms with E-state index in [0.29, 0.717) is 10.7 Å². The van der Waals surface area contributed by atoms with Crippen LogP contribution in [0.5, 0.6) is 0 Å². The highest BCUT2D eigenvalue weighted by Gasteiger charge is 2.25. The zero-order valence-electron chi connectivity index (χ0n) is 12.5. The summed E-state index contributed by atoms with van der Waals surface area (Å²) in [5.41, 5.74) is 2.39. The standard InChI is InChI=1S/C16H17NO4S/c1-9-5-4-6-11(10(9)2)14(16(19)20)17-15(18)12-7-8-13(21-12)22-3/h4-8,14H,1-3H3,(H,17,18)(H,19,20). The summed E-state index contributed by atoms with van der Waals surface area (Å²) in [6.07, 6.45) is 1.83. The highest BCUT2D eigenvalue weighted by Crippen LogP contribution is 2.22. The van der Waals surface area contributed by atoms with Gasteiger partial charge in [-0.3, -0.25) is 4.79 Å². The Kier molecular flexibility index (Phi) is 4.92. The Morgan fingerprint density at radius 1 is 1.23 bits per heavy atom. The predicted octanol–water partition coefficient (Wildman–Crippen LogP) is 3.17. The fourth-order valence-electron chi connectivity index (χ4n) is 2.11. The van der Waals surface area contributed by atoms with Gasteiger partial charge in [0.05, 0.1) is 0 Å². The maximum Gasteiger partial charge on any atom is 0.330 e. The number of carbonyl (C=O) groups excluding carboxylic acids is 1. The van der Waals surface area contributed by atoms with E-state index in [1.165, 1.54) is 17.8 Å². The van der Waals surface area contributed by atoms with Crippen molar-refractivity contribution >= 4 is 23.6 Å². The fraction of sp³-hybridized carbons (Fsp3) is 0.250. The number of thioether (sulfide) groups is 1. The van der Waals surface area contributed by atoms with Crippen LogP contribution < -0.4 is 5.32 Å². The highest BCUT2D eigenvalue weighted by molar-refractivity contribution is 7.98. The van der Waals surface area contributed by atoms with Crippen LogP contribution in [-0.4, -0.2) is 23.2 Å². The number of carboxylic acids is 1. The van der Waals surface area contributed by atoms with Crippen molar-refractivity contribution in [2.45, 2.75) is 25.0 Å². The molecular formula is C16H17NO4S. The van der Waals surface area contributed by atoms with Gasteiger partial charge in [-0.25, -0.2) is 4.79 Å². The Balaban J connectivity index is 2.27. The van der Waals surface area contributed by atoms with Crippen LogP contribution in [0.25, 0.3) is 0 Å². The van der Waals surface area contributed by atoms with Crippen molar-refractivity contribution in [3.05, 3.63) is 52.8 Å². The summed E-state index contributed by atoms with van der Waals surface area (Å²) in [4.78, 5) is 23.7. The third-order valence-corrected chi connectivity index (χ3v) is 4.11. The Bertz CT molecular complexity index is 708. The third-order valence-electron chi connectivity index (χ3n) is 3.49. The first kappa shape index (κ1) is 16.2. The predicted molar refractivity (Wildman–Crippen MR) is 84.2 cm³/mol. The zero-order valence-corrected chi connectivity index (χ0v) is 13.4. The smallest absolute Gasteiger partial charge is 0.330 e. The molecule has 0 aliphatic heterocycles. The van der Waals surface area contributed by atoms with Gasteiger partial charge in [-0.15, -0.1) is 0 Å². The average Bonchev–Trinajstić information content (AvgIpc) is 2.96. The largest absolute Gasteiger partial charge is 0.479 e. The van der Waals surface area contributed by atoms with E-state index in [1.807, 2.05) is 26.2 Å². The van der Waals surface area contributed by atoms with E-state index in [-0.39, 0.29) is 5.76 Å². The molecule has 116 valence electrons. The van der Waals surface area contributed by atoms with Crippen molar-refractivity contribution in [1.29, 1.82) is 0 Å². The number of nitrogens with one attached hydrogen (secondary N) is 1. The van der Waals surface area contributed by atoms with Crippen LogP contribution in [0.2, 0.25) is 0 Å². The number of rotatable bonds is 5. The molecule has 1 aromatic carbocycles. The van der Waals surface area contributed by atoms with Gasteiger partial charge in [0, 0.05) is 0 Å². The molecule has 0 fully saturated rings. The summed E-state index contributed by atoms with van der Waals surface area (Å²) in [5, 5.41) is 12.6. The van der Waals surface area contributed by atoms with Crippen LogP contribution in [0, 0.1) is 13.8 Å². The van der Waals surface area contributed by atoms with Crippen LogP contribution in [-0.2, 0) is 4.79 Å². The van der Waals surface area contributed by atoms with Crippen molar-refractivity contribution in [3.8, 4) is 0 Å². The molecular weight excluding hydrogens is 302 g/mol. The molecule has 1 atom stereocenters. The Morgan fingerprint density at radius 3 is 2.55 bits per heavy atom. The van der Waals surface area contributed by atoms with E-state index in [2.05, 4.69) is 5.32 Å². The SMILES string of the molecule is CSc1ccc(C(=O)NC(C(=O)O)c2cccc(C)c2C)o1. The zero-order chi connectivity index (χ0) is 16.3. The molecule has 0 saturated heterocycles. The van der Waals surface area contributed by atoms with Crippen molar-refractivity contribution in [3.63, 3.8) is 0 Å². The first-order chi connectivity index (χ1) is 10.4. The molecule has 0 aliphatic carbocycles. The lowest BCUT2D eigenvalue weighted by Crippen LogP contribution is -2.34. The average molecular weight is 319 g/mol. The second-order valence-corrected chi connectivity index (χ2v) is 5.67. The van der Waals surface area contributed by atoms with Gasteiger partial charge < -0.3 is 14.8 Å². The Hall–Kier alpha value is -2.21. The van der Waals surface area contributed by atoms with Gasteiger partial charge in [-0.1, -0.05) is 30.0 Å². The number of amides is 1. The third kappa shape index (κ3) is 3.33. The maximum absolute atomic E-state index is 12.2. The fourth-order valence-corrected chi connectivity index (χ4v) is 2.49. The van der Waals surface area contributed by atoms with Gasteiger partial charge >= 0.3 is 5.97 Å². The molecule has 0 spiro atoms. The van der Waals surface area contributed by atoms with E-state index >= 15 is 0 Å². The second kappa shape index (κ2) is 6.70. The minimum atomic E-state index is -1.12. The van der Waals surface area contributed by atoms with Crippen LogP contribution in [0.4, 0.5) is 0 Å². The molecule has 0 saturated carbocycles. The van der Waals surface area contributed by atoms with Crippen molar-refractivity contribution in [1.82, 2.24) is 5.32 Å². The molecule has 1 heterocycles. The van der Waals surface area contributed by atoms with Crippen molar-refractivity contribution < 1.29 is 19.1 Å². The van der Waals surface area contributed by atoms with Gasteiger partial charge in [0.2, 0.25) is 0 Å². The Morgan fingerprint density at radius 2 is 1.95 bits per heavy atom. The molecule has 2 rings (SSSR count). The summed E-state index contributed by atoms with van der Waals surface area (Å²) >= 11 is 1.37. The molecule has 22 heavy (non-hydrogen) atoms. The lowest BCUT2D eigenvalue weighted by Gasteiger charge is -2.17. The number of carbonyl (C=O) groups is 2. The summed E-state index contributed by atoms with van der Waals surface area (Å²) < 4.78 is 5.32. The molecule has 0 aliphatic rings. The number of hydrogen-bond acceptors (Lipinski definition) is 4. The molecule has 0 bridgehead atoms. The van der Waals surface area contributed by atoms with Gasteiger partial charge in [-0.05, 0) is 48.9 Å². The molecule has 6 heteroatoms. The lowest BCUT2D eigenvalue weighted by molar-refractivity contribution is -0.139. The van der Waals surface area contributed by atoms with Gasteiger partial charge in [0.25, 0.3) is 5.91 Å². The molecule has 2 N–H and O–H groups in total. The van der Waals surface area contributed by atoms with Crippen LogP contribution in [0.3, 0.4) is 0 Å². The van der Waals surface area contributed by atoms with Crippen molar-refractivity contribution in [2.24, 2.45) is 0 Å². The lowest BCUT2D eigenvalue weighted by atomic mass is 9.97. The van der Waals surface area contributed by atoms with Crippen LogP contribution >= 0.6 is 11.8 Å². The maximum atomic E-state index is 12.2. The molecule has 5 nitrogen and oxygen atoms in total. The first-order valence-corrected chi connectivity index (χ1v) is 7.90. The quantitative estimate of drug-likeness (QED) is 0.828.